The zero-order chi connectivity index (χ0) is 19.8. The molecular weight excluding hydrogens is 359 g/mol. The van der Waals surface area contributed by atoms with Gasteiger partial charge in [0.25, 0.3) is 5.91 Å². The Morgan fingerprint density at radius 3 is 2.63 bits per heavy atom. The molecule has 0 radical (unpaired) electrons. The Morgan fingerprint density at radius 1 is 1.22 bits per heavy atom. The molecule has 3 rings (SSSR count). The minimum atomic E-state index is -4.53. The molecule has 1 aromatic carbocycles. The molecule has 0 aliphatic heterocycles. The van der Waals surface area contributed by atoms with E-state index < -0.39 is 23.1 Å². The number of hydrogen-bond donors (Lipinski definition) is 1. The molecule has 0 saturated carbocycles. The molecule has 0 atom stereocenters. The van der Waals surface area contributed by atoms with Crippen LogP contribution in [0.5, 0.6) is 0 Å². The molecule has 3 aromatic rings. The first-order valence-electron chi connectivity index (χ1n) is 8.20. The summed E-state index contributed by atoms with van der Waals surface area (Å²) in [6.07, 6.45) is -3.15. The van der Waals surface area contributed by atoms with Gasteiger partial charge in [0.2, 0.25) is 5.43 Å². The first-order chi connectivity index (χ1) is 12.7. The summed E-state index contributed by atoms with van der Waals surface area (Å²) in [5, 5.41) is 2.64. The summed E-state index contributed by atoms with van der Waals surface area (Å²) in [4.78, 5) is 29.6. The third kappa shape index (κ3) is 3.69. The van der Waals surface area contributed by atoms with Crippen LogP contribution in [0.3, 0.4) is 0 Å². The number of nitrogens with zero attached hydrogens (tertiary/aromatic N) is 2. The van der Waals surface area contributed by atoms with E-state index in [4.69, 9.17) is 0 Å². The van der Waals surface area contributed by atoms with Gasteiger partial charge in [-0.05, 0) is 44.2 Å². The molecule has 0 saturated heterocycles. The molecule has 2 heterocycles. The molecule has 0 aliphatic carbocycles. The van der Waals surface area contributed by atoms with Gasteiger partial charge in [-0.3, -0.25) is 9.59 Å². The van der Waals surface area contributed by atoms with Crippen LogP contribution in [0.15, 0.2) is 47.4 Å². The topological polar surface area (TPSA) is 64.0 Å². The van der Waals surface area contributed by atoms with Gasteiger partial charge in [-0.15, -0.1) is 0 Å². The van der Waals surface area contributed by atoms with E-state index >= 15 is 0 Å². The highest BCUT2D eigenvalue weighted by Crippen LogP contribution is 2.30. The molecule has 0 fully saturated rings. The lowest BCUT2D eigenvalue weighted by Gasteiger charge is -2.12. The number of nitrogens with one attached hydrogen (secondary N) is 1. The van der Waals surface area contributed by atoms with Gasteiger partial charge in [-0.2, -0.15) is 13.2 Å². The van der Waals surface area contributed by atoms with Gasteiger partial charge in [-0.1, -0.05) is 6.07 Å². The highest BCUT2D eigenvalue weighted by Gasteiger charge is 2.30. The fraction of sp³-hybridized carbons (Fsp3) is 0.211. The van der Waals surface area contributed by atoms with E-state index in [0.29, 0.717) is 12.2 Å². The molecular formula is C19H16F3N3O2. The lowest BCUT2D eigenvalue weighted by molar-refractivity contribution is -0.137. The van der Waals surface area contributed by atoms with Gasteiger partial charge >= 0.3 is 6.18 Å². The third-order valence-electron chi connectivity index (χ3n) is 4.09. The van der Waals surface area contributed by atoms with Crippen molar-refractivity contribution in [2.45, 2.75) is 26.6 Å². The number of alkyl halides is 3. The van der Waals surface area contributed by atoms with Crippen molar-refractivity contribution in [2.24, 2.45) is 0 Å². The summed E-state index contributed by atoms with van der Waals surface area (Å²) < 4.78 is 40.1. The van der Waals surface area contributed by atoms with E-state index in [2.05, 4.69) is 10.3 Å². The van der Waals surface area contributed by atoms with Crippen molar-refractivity contribution in [3.05, 3.63) is 69.6 Å². The Balaban J connectivity index is 2.03. The summed E-state index contributed by atoms with van der Waals surface area (Å²) in [5.74, 6) is -0.774. The quantitative estimate of drug-likeness (QED) is 0.753. The minimum absolute atomic E-state index is 0.0422. The lowest BCUT2D eigenvalue weighted by atomic mass is 10.1. The van der Waals surface area contributed by atoms with Gasteiger partial charge in [-0.25, -0.2) is 4.98 Å². The molecule has 5 nitrogen and oxygen atoms in total. The van der Waals surface area contributed by atoms with Crippen molar-refractivity contribution >= 4 is 22.6 Å². The maximum absolute atomic E-state index is 12.8. The summed E-state index contributed by atoms with van der Waals surface area (Å²) in [7, 11) is 0. The second-order valence-corrected chi connectivity index (χ2v) is 6.01. The van der Waals surface area contributed by atoms with Crippen LogP contribution in [0.25, 0.3) is 11.0 Å². The molecule has 27 heavy (non-hydrogen) atoms. The van der Waals surface area contributed by atoms with Crippen LogP contribution in [-0.4, -0.2) is 15.5 Å². The number of rotatable bonds is 3. The predicted molar refractivity (Wildman–Crippen MR) is 95.8 cm³/mol. The Labute approximate surface area is 152 Å². The lowest BCUT2D eigenvalue weighted by Crippen LogP contribution is -2.24. The second-order valence-electron chi connectivity index (χ2n) is 6.01. The van der Waals surface area contributed by atoms with Crippen LogP contribution < -0.4 is 10.7 Å². The molecule has 0 aliphatic rings. The number of pyridine rings is 2. The number of carbonyl (C=O) groups is 1. The van der Waals surface area contributed by atoms with Crippen LogP contribution in [-0.2, 0) is 12.7 Å². The molecule has 1 N–H and O–H groups in total. The smallest absolute Gasteiger partial charge is 0.332 e. The maximum atomic E-state index is 12.8. The summed E-state index contributed by atoms with van der Waals surface area (Å²) >= 11 is 0. The number of fused-ring (bicyclic) bond motifs is 1. The first kappa shape index (κ1) is 18.6. The highest BCUT2D eigenvalue weighted by molar-refractivity contribution is 6.05. The number of hydrogen-bond acceptors (Lipinski definition) is 3. The van der Waals surface area contributed by atoms with Crippen LogP contribution in [0, 0.1) is 6.92 Å². The van der Waals surface area contributed by atoms with Gasteiger partial charge in [0, 0.05) is 24.1 Å². The maximum Gasteiger partial charge on any atom is 0.416 e. The average Bonchev–Trinajstić information content (AvgIpc) is 2.61. The molecule has 2 aromatic heterocycles. The standard InChI is InChI=1S/C19H16F3N3O2/c1-3-25-10-15(16(26)14-8-7-11(2)23-17(14)25)18(27)24-13-6-4-5-12(9-13)19(20,21)22/h4-10H,3H2,1-2H3,(H,24,27). The SMILES string of the molecule is CCn1cc(C(=O)Nc2cccc(C(F)(F)F)c2)c(=O)c2ccc(C)nc21. The third-order valence-corrected chi connectivity index (χ3v) is 4.09. The number of aromatic nitrogens is 2. The van der Waals surface area contributed by atoms with Gasteiger partial charge in [0.15, 0.2) is 0 Å². The monoisotopic (exact) mass is 375 g/mol. The van der Waals surface area contributed by atoms with E-state index in [-0.39, 0.29) is 16.6 Å². The van der Waals surface area contributed by atoms with E-state index in [1.807, 2.05) is 6.92 Å². The highest BCUT2D eigenvalue weighted by atomic mass is 19.4. The van der Waals surface area contributed by atoms with Gasteiger partial charge in [0.05, 0.1) is 10.9 Å². The van der Waals surface area contributed by atoms with Gasteiger partial charge < -0.3 is 9.88 Å². The number of carbonyl (C=O) groups excluding carboxylic acids is 1. The average molecular weight is 375 g/mol. The zero-order valence-electron chi connectivity index (χ0n) is 14.6. The van der Waals surface area contributed by atoms with Crippen LogP contribution in [0.1, 0.15) is 28.5 Å². The summed E-state index contributed by atoms with van der Waals surface area (Å²) in [6.45, 7) is 4.09. The van der Waals surface area contributed by atoms with E-state index in [9.17, 15) is 22.8 Å². The van der Waals surface area contributed by atoms with E-state index in [1.165, 1.54) is 18.3 Å². The molecule has 1 amide bonds. The zero-order valence-corrected chi connectivity index (χ0v) is 14.6. The summed E-state index contributed by atoms with van der Waals surface area (Å²) in [6, 6.07) is 7.50. The summed E-state index contributed by atoms with van der Waals surface area (Å²) in [5.41, 5.74) is -0.425. The molecule has 0 spiro atoms. The van der Waals surface area contributed by atoms with Crippen molar-refractivity contribution in [3.8, 4) is 0 Å². The predicted octanol–water partition coefficient (Wildman–Crippen LogP) is 4.00. The van der Waals surface area contributed by atoms with Crippen molar-refractivity contribution in [1.29, 1.82) is 0 Å². The number of amides is 1. The number of anilines is 1. The van der Waals surface area contributed by atoms with Crippen molar-refractivity contribution in [2.75, 3.05) is 5.32 Å². The van der Waals surface area contributed by atoms with E-state index in [1.54, 1.807) is 23.6 Å². The fourth-order valence-corrected chi connectivity index (χ4v) is 2.73. The normalized spacial score (nSPS) is 11.6. The Hall–Kier alpha value is -3.16. The van der Waals surface area contributed by atoms with E-state index in [0.717, 1.165) is 17.8 Å². The van der Waals surface area contributed by atoms with Crippen LogP contribution in [0.4, 0.5) is 18.9 Å². The Kier molecular flexibility index (Phi) is 4.73. The number of aryl methyl sites for hydroxylation is 2. The largest absolute Gasteiger partial charge is 0.416 e. The van der Waals surface area contributed by atoms with Crippen LogP contribution in [0.2, 0.25) is 0 Å². The molecule has 140 valence electrons. The van der Waals surface area contributed by atoms with Crippen LogP contribution >= 0.6 is 0 Å². The Bertz CT molecular complexity index is 1090. The van der Waals surface area contributed by atoms with Crippen molar-refractivity contribution in [3.63, 3.8) is 0 Å². The minimum Gasteiger partial charge on any atom is -0.332 e. The Morgan fingerprint density at radius 2 is 1.96 bits per heavy atom. The molecule has 0 unspecified atom stereocenters. The molecule has 8 heteroatoms. The van der Waals surface area contributed by atoms with Gasteiger partial charge in [0.1, 0.15) is 11.2 Å². The van der Waals surface area contributed by atoms with Crippen molar-refractivity contribution < 1.29 is 18.0 Å². The second kappa shape index (κ2) is 6.86. The first-order valence-corrected chi connectivity index (χ1v) is 8.20. The molecule has 0 bridgehead atoms. The number of halogens is 3. The number of benzene rings is 1. The fourth-order valence-electron chi connectivity index (χ4n) is 2.73. The van der Waals surface area contributed by atoms with Crippen molar-refractivity contribution in [1.82, 2.24) is 9.55 Å².